The third-order valence-electron chi connectivity index (χ3n) is 4.70. The predicted molar refractivity (Wildman–Crippen MR) is 93.7 cm³/mol. The van der Waals surface area contributed by atoms with Crippen LogP contribution < -0.4 is 0 Å². The maximum atomic E-state index is 13.5. The van der Waals surface area contributed by atoms with E-state index in [2.05, 4.69) is 10.00 Å². The third kappa shape index (κ3) is 4.87. The standard InChI is InChI=1S/C19H26FN3O2/c1-22-13-16(12-21-22)11-18-19(25-9-8-24-2)6-7-23(18)14-15-4-3-5-17(20)10-15/h3-5,10,12-13,18-19H,6-9,11,14H2,1-2H3/t18-,19-/m1/s1. The highest BCUT2D eigenvalue weighted by Crippen LogP contribution is 2.26. The lowest BCUT2D eigenvalue weighted by Gasteiger charge is -2.28. The Hall–Kier alpha value is -1.76. The van der Waals surface area contributed by atoms with Gasteiger partial charge in [-0.15, -0.1) is 0 Å². The van der Waals surface area contributed by atoms with Crippen molar-refractivity contribution in [2.24, 2.45) is 7.05 Å². The average molecular weight is 347 g/mol. The van der Waals surface area contributed by atoms with Gasteiger partial charge in [0.2, 0.25) is 0 Å². The van der Waals surface area contributed by atoms with E-state index in [1.54, 1.807) is 19.2 Å². The zero-order valence-electron chi connectivity index (χ0n) is 14.9. The third-order valence-corrected chi connectivity index (χ3v) is 4.70. The molecule has 0 spiro atoms. The number of rotatable bonds is 8. The highest BCUT2D eigenvalue weighted by atomic mass is 19.1. The van der Waals surface area contributed by atoms with Crippen molar-refractivity contribution in [3.8, 4) is 0 Å². The van der Waals surface area contributed by atoms with Crippen LogP contribution in [0, 0.1) is 5.82 Å². The van der Waals surface area contributed by atoms with E-state index in [0.29, 0.717) is 13.2 Å². The number of nitrogens with zero attached hydrogens (tertiary/aromatic N) is 3. The topological polar surface area (TPSA) is 39.5 Å². The zero-order valence-corrected chi connectivity index (χ0v) is 14.9. The molecule has 1 aliphatic rings. The molecular weight excluding hydrogens is 321 g/mol. The van der Waals surface area contributed by atoms with E-state index >= 15 is 0 Å². The largest absolute Gasteiger partial charge is 0.382 e. The molecule has 136 valence electrons. The Balaban J connectivity index is 1.70. The molecule has 0 N–H and O–H groups in total. The highest BCUT2D eigenvalue weighted by Gasteiger charge is 2.35. The summed E-state index contributed by atoms with van der Waals surface area (Å²) in [6.45, 7) is 2.87. The summed E-state index contributed by atoms with van der Waals surface area (Å²) in [7, 11) is 3.61. The van der Waals surface area contributed by atoms with Crippen molar-refractivity contribution in [3.05, 3.63) is 53.6 Å². The number of ether oxygens (including phenoxy) is 2. The summed E-state index contributed by atoms with van der Waals surface area (Å²) < 4.78 is 26.5. The normalized spacial score (nSPS) is 21.1. The Bertz CT molecular complexity index is 676. The highest BCUT2D eigenvalue weighted by molar-refractivity contribution is 5.17. The molecular formula is C19H26FN3O2. The summed E-state index contributed by atoms with van der Waals surface area (Å²) in [6, 6.07) is 7.09. The lowest BCUT2D eigenvalue weighted by atomic mass is 10.0. The maximum absolute atomic E-state index is 13.5. The molecule has 5 nitrogen and oxygen atoms in total. The minimum Gasteiger partial charge on any atom is -0.382 e. The summed E-state index contributed by atoms with van der Waals surface area (Å²) in [5, 5.41) is 4.27. The molecule has 0 amide bonds. The van der Waals surface area contributed by atoms with E-state index in [-0.39, 0.29) is 18.0 Å². The summed E-state index contributed by atoms with van der Waals surface area (Å²) in [4.78, 5) is 2.39. The lowest BCUT2D eigenvalue weighted by Crippen LogP contribution is -2.38. The van der Waals surface area contributed by atoms with Crippen molar-refractivity contribution in [2.75, 3.05) is 26.9 Å². The molecule has 0 aliphatic carbocycles. The molecule has 2 atom stereocenters. The first kappa shape index (κ1) is 18.0. The minimum absolute atomic E-state index is 0.156. The monoisotopic (exact) mass is 347 g/mol. The molecule has 0 radical (unpaired) electrons. The SMILES string of the molecule is COCCO[C@@H]1CCN(Cc2cccc(F)c2)[C@@H]1Cc1cnn(C)c1. The maximum Gasteiger partial charge on any atom is 0.123 e. The second-order valence-corrected chi connectivity index (χ2v) is 6.58. The Morgan fingerprint density at radius 2 is 2.16 bits per heavy atom. The van der Waals surface area contributed by atoms with Crippen LogP contribution in [-0.4, -0.2) is 53.7 Å². The second-order valence-electron chi connectivity index (χ2n) is 6.58. The molecule has 1 aromatic carbocycles. The Kier molecular flexibility index (Phi) is 6.18. The minimum atomic E-state index is -0.187. The summed E-state index contributed by atoms with van der Waals surface area (Å²) in [6.07, 6.45) is 5.96. The second kappa shape index (κ2) is 8.56. The Morgan fingerprint density at radius 1 is 1.28 bits per heavy atom. The van der Waals surface area contributed by atoms with Gasteiger partial charge in [0.05, 0.1) is 25.5 Å². The van der Waals surface area contributed by atoms with Gasteiger partial charge in [0.1, 0.15) is 5.82 Å². The van der Waals surface area contributed by atoms with Gasteiger partial charge < -0.3 is 9.47 Å². The van der Waals surface area contributed by atoms with Gasteiger partial charge in [-0.05, 0) is 36.1 Å². The predicted octanol–water partition coefficient (Wildman–Crippen LogP) is 2.41. The van der Waals surface area contributed by atoms with E-state index in [1.165, 1.54) is 11.6 Å². The van der Waals surface area contributed by atoms with E-state index < -0.39 is 0 Å². The molecule has 25 heavy (non-hydrogen) atoms. The molecule has 6 heteroatoms. The van der Waals surface area contributed by atoms with Gasteiger partial charge in [-0.3, -0.25) is 9.58 Å². The molecule has 1 fully saturated rings. The lowest BCUT2D eigenvalue weighted by molar-refractivity contribution is -0.00131. The number of aryl methyl sites for hydroxylation is 1. The Morgan fingerprint density at radius 3 is 2.88 bits per heavy atom. The number of benzene rings is 1. The quantitative estimate of drug-likeness (QED) is 0.688. The molecule has 1 aliphatic heterocycles. The van der Waals surface area contributed by atoms with Crippen LogP contribution in [0.15, 0.2) is 36.7 Å². The van der Waals surface area contributed by atoms with Gasteiger partial charge in [-0.1, -0.05) is 12.1 Å². The first-order chi connectivity index (χ1) is 12.2. The number of likely N-dealkylation sites (tertiary alicyclic amines) is 1. The first-order valence-electron chi connectivity index (χ1n) is 8.72. The molecule has 3 rings (SSSR count). The van der Waals surface area contributed by atoms with E-state index in [1.807, 2.05) is 30.2 Å². The van der Waals surface area contributed by atoms with Crippen molar-refractivity contribution in [3.63, 3.8) is 0 Å². The van der Waals surface area contributed by atoms with Crippen LogP contribution >= 0.6 is 0 Å². The van der Waals surface area contributed by atoms with Crippen molar-refractivity contribution in [1.82, 2.24) is 14.7 Å². The van der Waals surface area contributed by atoms with Gasteiger partial charge in [0, 0.05) is 39.5 Å². The zero-order chi connectivity index (χ0) is 17.6. The van der Waals surface area contributed by atoms with E-state index in [4.69, 9.17) is 9.47 Å². The van der Waals surface area contributed by atoms with Crippen LogP contribution in [0.3, 0.4) is 0 Å². The number of aromatic nitrogens is 2. The fraction of sp³-hybridized carbons (Fsp3) is 0.526. The first-order valence-corrected chi connectivity index (χ1v) is 8.72. The number of halogens is 1. The molecule has 2 aromatic rings. The van der Waals surface area contributed by atoms with Gasteiger partial charge in [0.15, 0.2) is 0 Å². The summed E-state index contributed by atoms with van der Waals surface area (Å²) >= 11 is 0. The fourth-order valence-electron chi connectivity index (χ4n) is 3.51. The fourth-order valence-corrected chi connectivity index (χ4v) is 3.51. The van der Waals surface area contributed by atoms with Gasteiger partial charge in [-0.2, -0.15) is 5.10 Å². The smallest absolute Gasteiger partial charge is 0.123 e. The van der Waals surface area contributed by atoms with E-state index in [9.17, 15) is 4.39 Å². The molecule has 1 aromatic heterocycles. The van der Waals surface area contributed by atoms with Gasteiger partial charge in [0.25, 0.3) is 0 Å². The molecule has 0 saturated carbocycles. The molecule has 0 bridgehead atoms. The summed E-state index contributed by atoms with van der Waals surface area (Å²) in [5.41, 5.74) is 2.19. The van der Waals surface area contributed by atoms with Crippen molar-refractivity contribution in [1.29, 1.82) is 0 Å². The van der Waals surface area contributed by atoms with Crippen LogP contribution in [-0.2, 0) is 29.5 Å². The number of hydrogen-bond donors (Lipinski definition) is 0. The van der Waals surface area contributed by atoms with Crippen molar-refractivity contribution in [2.45, 2.75) is 31.5 Å². The Labute approximate surface area is 148 Å². The van der Waals surface area contributed by atoms with Crippen LogP contribution in [0.25, 0.3) is 0 Å². The average Bonchev–Trinajstić information content (AvgIpc) is 3.16. The van der Waals surface area contributed by atoms with Crippen LogP contribution in [0.2, 0.25) is 0 Å². The summed E-state index contributed by atoms with van der Waals surface area (Å²) in [5.74, 6) is -0.187. The van der Waals surface area contributed by atoms with Crippen molar-refractivity contribution >= 4 is 0 Å². The van der Waals surface area contributed by atoms with Crippen molar-refractivity contribution < 1.29 is 13.9 Å². The van der Waals surface area contributed by atoms with E-state index in [0.717, 1.165) is 31.5 Å². The molecule has 0 unspecified atom stereocenters. The van der Waals surface area contributed by atoms with Gasteiger partial charge in [-0.25, -0.2) is 4.39 Å². The number of hydrogen-bond acceptors (Lipinski definition) is 4. The van der Waals surface area contributed by atoms with Crippen LogP contribution in [0.5, 0.6) is 0 Å². The molecule has 1 saturated heterocycles. The van der Waals surface area contributed by atoms with Gasteiger partial charge >= 0.3 is 0 Å². The van der Waals surface area contributed by atoms with Crippen LogP contribution in [0.1, 0.15) is 17.5 Å². The molecule has 2 heterocycles. The number of methoxy groups -OCH3 is 1. The van der Waals surface area contributed by atoms with Crippen LogP contribution in [0.4, 0.5) is 4.39 Å².